The zero-order valence-electron chi connectivity index (χ0n) is 13.1. The van der Waals surface area contributed by atoms with Crippen molar-refractivity contribution in [3.8, 4) is 0 Å². The lowest BCUT2D eigenvalue weighted by Crippen LogP contribution is -2.39. The molecular formula is C17H25N3O2. The minimum absolute atomic E-state index is 0.0135. The molecule has 0 radical (unpaired) electrons. The van der Waals surface area contributed by atoms with Crippen molar-refractivity contribution in [2.24, 2.45) is 5.92 Å². The number of para-hydroxylation sites is 1. The van der Waals surface area contributed by atoms with Crippen LogP contribution in [0.3, 0.4) is 0 Å². The van der Waals surface area contributed by atoms with Gasteiger partial charge in [0, 0.05) is 24.7 Å². The first-order chi connectivity index (χ1) is 10.6. The maximum atomic E-state index is 11.8. The molecule has 5 heteroatoms. The van der Waals surface area contributed by atoms with E-state index in [1.165, 1.54) is 12.8 Å². The Bertz CT molecular complexity index is 482. The number of rotatable bonds is 5. The van der Waals surface area contributed by atoms with Gasteiger partial charge < -0.3 is 16.0 Å². The molecule has 1 aliphatic rings. The quantitative estimate of drug-likeness (QED) is 0.783. The first kappa shape index (κ1) is 16.3. The van der Waals surface area contributed by atoms with E-state index in [0.29, 0.717) is 19.0 Å². The fraction of sp³-hybridized carbons (Fsp3) is 0.529. The molecule has 5 nitrogen and oxygen atoms in total. The molecule has 3 N–H and O–H groups in total. The van der Waals surface area contributed by atoms with Gasteiger partial charge in [0.1, 0.15) is 0 Å². The van der Waals surface area contributed by atoms with Crippen molar-refractivity contribution in [1.29, 1.82) is 0 Å². The molecule has 2 rings (SSSR count). The average Bonchev–Trinajstić information content (AvgIpc) is 2.50. The summed E-state index contributed by atoms with van der Waals surface area (Å²) < 4.78 is 0. The second-order valence-corrected chi connectivity index (χ2v) is 6.02. The third-order valence-corrected chi connectivity index (χ3v) is 4.05. The number of nitrogens with one attached hydrogen (secondary N) is 3. The van der Waals surface area contributed by atoms with Gasteiger partial charge in [-0.25, -0.2) is 4.79 Å². The van der Waals surface area contributed by atoms with E-state index in [2.05, 4.69) is 22.9 Å². The van der Waals surface area contributed by atoms with Crippen LogP contribution in [0, 0.1) is 5.92 Å². The van der Waals surface area contributed by atoms with Crippen molar-refractivity contribution >= 4 is 17.6 Å². The summed E-state index contributed by atoms with van der Waals surface area (Å²) in [4.78, 5) is 23.5. The molecule has 1 aromatic rings. The van der Waals surface area contributed by atoms with Crippen LogP contribution >= 0.6 is 0 Å². The number of urea groups is 1. The van der Waals surface area contributed by atoms with E-state index < -0.39 is 0 Å². The second kappa shape index (κ2) is 8.41. The number of amides is 3. The van der Waals surface area contributed by atoms with Gasteiger partial charge in [-0.2, -0.15) is 0 Å². The maximum absolute atomic E-state index is 11.8. The van der Waals surface area contributed by atoms with E-state index in [1.807, 2.05) is 30.3 Å². The number of carbonyl (C=O) groups is 2. The Morgan fingerprint density at radius 1 is 1.09 bits per heavy atom. The summed E-state index contributed by atoms with van der Waals surface area (Å²) in [5.41, 5.74) is 0.737. The van der Waals surface area contributed by atoms with E-state index in [-0.39, 0.29) is 11.9 Å². The van der Waals surface area contributed by atoms with E-state index >= 15 is 0 Å². The number of hydrogen-bond donors (Lipinski definition) is 3. The van der Waals surface area contributed by atoms with Crippen molar-refractivity contribution < 1.29 is 9.59 Å². The first-order valence-electron chi connectivity index (χ1n) is 8.03. The molecule has 1 fully saturated rings. The molecule has 3 amide bonds. The van der Waals surface area contributed by atoms with Crippen LogP contribution in [0.15, 0.2) is 30.3 Å². The summed E-state index contributed by atoms with van der Waals surface area (Å²) in [6.45, 7) is 2.60. The van der Waals surface area contributed by atoms with Crippen molar-refractivity contribution in [3.63, 3.8) is 0 Å². The molecule has 0 atom stereocenters. The Hall–Kier alpha value is -2.04. The molecule has 0 aliphatic heterocycles. The average molecular weight is 303 g/mol. The Labute approximate surface area is 131 Å². The molecule has 1 aromatic carbocycles. The molecule has 1 saturated carbocycles. The van der Waals surface area contributed by atoms with Crippen LogP contribution in [-0.2, 0) is 4.79 Å². The minimum Gasteiger partial charge on any atom is -0.353 e. The molecule has 0 aromatic heterocycles. The maximum Gasteiger partial charge on any atom is 0.319 e. The third kappa shape index (κ3) is 5.76. The van der Waals surface area contributed by atoms with Crippen molar-refractivity contribution in [2.45, 2.75) is 45.1 Å². The topological polar surface area (TPSA) is 70.2 Å². The summed E-state index contributed by atoms with van der Waals surface area (Å²) >= 11 is 0. The van der Waals surface area contributed by atoms with Crippen molar-refractivity contribution in [3.05, 3.63) is 30.3 Å². The zero-order chi connectivity index (χ0) is 15.8. The predicted octanol–water partition coefficient (Wildman–Crippen LogP) is 2.89. The van der Waals surface area contributed by atoms with E-state index in [4.69, 9.17) is 0 Å². The predicted molar refractivity (Wildman–Crippen MR) is 87.6 cm³/mol. The third-order valence-electron chi connectivity index (χ3n) is 4.05. The molecular weight excluding hydrogens is 278 g/mol. The summed E-state index contributed by atoms with van der Waals surface area (Å²) in [5, 5.41) is 8.47. The van der Waals surface area contributed by atoms with E-state index in [0.717, 1.165) is 24.4 Å². The SMILES string of the molecule is CC1CCC(NC(=O)CCNC(=O)Nc2ccccc2)CC1. The van der Waals surface area contributed by atoms with Crippen molar-refractivity contribution in [2.75, 3.05) is 11.9 Å². The Kier molecular flexibility index (Phi) is 6.25. The van der Waals surface area contributed by atoms with Gasteiger partial charge in [0.25, 0.3) is 0 Å². The second-order valence-electron chi connectivity index (χ2n) is 6.02. The highest BCUT2D eigenvalue weighted by molar-refractivity contribution is 5.89. The highest BCUT2D eigenvalue weighted by Gasteiger charge is 2.19. The van der Waals surface area contributed by atoms with Gasteiger partial charge in [-0.1, -0.05) is 25.1 Å². The molecule has 120 valence electrons. The minimum atomic E-state index is -0.287. The molecule has 22 heavy (non-hydrogen) atoms. The fourth-order valence-corrected chi connectivity index (χ4v) is 2.69. The zero-order valence-corrected chi connectivity index (χ0v) is 13.1. The van der Waals surface area contributed by atoms with Gasteiger partial charge in [0.15, 0.2) is 0 Å². The van der Waals surface area contributed by atoms with Gasteiger partial charge in [-0.05, 0) is 43.7 Å². The normalized spacial score (nSPS) is 21.0. The van der Waals surface area contributed by atoms with Gasteiger partial charge >= 0.3 is 6.03 Å². The highest BCUT2D eigenvalue weighted by atomic mass is 16.2. The van der Waals surface area contributed by atoms with Gasteiger partial charge in [-0.3, -0.25) is 4.79 Å². The van der Waals surface area contributed by atoms with Crippen LogP contribution in [0.5, 0.6) is 0 Å². The fourth-order valence-electron chi connectivity index (χ4n) is 2.69. The van der Waals surface area contributed by atoms with E-state index in [9.17, 15) is 9.59 Å². The smallest absolute Gasteiger partial charge is 0.319 e. The van der Waals surface area contributed by atoms with Crippen LogP contribution in [0.4, 0.5) is 10.5 Å². The molecule has 0 bridgehead atoms. The Morgan fingerprint density at radius 3 is 2.45 bits per heavy atom. The number of anilines is 1. The number of hydrogen-bond acceptors (Lipinski definition) is 2. The summed E-state index contributed by atoms with van der Waals surface area (Å²) in [6, 6.07) is 9.25. The lowest BCUT2D eigenvalue weighted by Gasteiger charge is -2.26. The van der Waals surface area contributed by atoms with Gasteiger partial charge in [0.2, 0.25) is 5.91 Å². The number of benzene rings is 1. The highest BCUT2D eigenvalue weighted by Crippen LogP contribution is 2.23. The van der Waals surface area contributed by atoms with Gasteiger partial charge in [-0.15, -0.1) is 0 Å². The molecule has 0 heterocycles. The van der Waals surface area contributed by atoms with Crippen LogP contribution in [-0.4, -0.2) is 24.5 Å². The van der Waals surface area contributed by atoms with Crippen molar-refractivity contribution in [1.82, 2.24) is 10.6 Å². The van der Waals surface area contributed by atoms with Crippen LogP contribution in [0.2, 0.25) is 0 Å². The number of carbonyl (C=O) groups excluding carboxylic acids is 2. The van der Waals surface area contributed by atoms with Crippen LogP contribution in [0.25, 0.3) is 0 Å². The first-order valence-corrected chi connectivity index (χ1v) is 8.03. The summed E-state index contributed by atoms with van der Waals surface area (Å²) in [7, 11) is 0. The van der Waals surface area contributed by atoms with Crippen LogP contribution < -0.4 is 16.0 Å². The molecule has 0 unspecified atom stereocenters. The molecule has 1 aliphatic carbocycles. The van der Waals surface area contributed by atoms with Crippen LogP contribution in [0.1, 0.15) is 39.0 Å². The molecule has 0 spiro atoms. The standard InChI is InChI=1S/C17H25N3O2/c1-13-7-9-15(10-8-13)19-16(21)11-12-18-17(22)20-14-5-3-2-4-6-14/h2-6,13,15H,7-12H2,1H3,(H,19,21)(H2,18,20,22). The monoisotopic (exact) mass is 303 g/mol. The molecule has 0 saturated heterocycles. The van der Waals surface area contributed by atoms with E-state index in [1.54, 1.807) is 0 Å². The lowest BCUT2D eigenvalue weighted by molar-refractivity contribution is -0.121. The Balaban J connectivity index is 1.59. The summed E-state index contributed by atoms with van der Waals surface area (Å²) in [5.74, 6) is 0.788. The summed E-state index contributed by atoms with van der Waals surface area (Å²) in [6.07, 6.45) is 4.81. The van der Waals surface area contributed by atoms with Gasteiger partial charge in [0.05, 0.1) is 0 Å². The largest absolute Gasteiger partial charge is 0.353 e. The lowest BCUT2D eigenvalue weighted by atomic mass is 9.87. The Morgan fingerprint density at radius 2 is 1.77 bits per heavy atom.